The van der Waals surface area contributed by atoms with Crippen molar-refractivity contribution in [3.05, 3.63) is 151 Å². The SMILES string of the molecule is CC(C)(C)c1ccc(S(=O)(=O)c2ccc(Oc3ccc(-c4c5ccccc5c(-c5ccc(O)cc5)c5ccccc45)cc3)cc2)cc1. The van der Waals surface area contributed by atoms with Crippen LogP contribution in [0.2, 0.25) is 0 Å². The van der Waals surface area contributed by atoms with Gasteiger partial charge in [-0.2, -0.15) is 0 Å². The van der Waals surface area contributed by atoms with E-state index in [0.29, 0.717) is 11.5 Å². The first-order chi connectivity index (χ1) is 22.6. The molecule has 0 unspecified atom stereocenters. The number of phenols is 1. The molecule has 0 amide bonds. The average Bonchev–Trinajstić information content (AvgIpc) is 3.08. The van der Waals surface area contributed by atoms with Crippen LogP contribution in [0.4, 0.5) is 0 Å². The fraction of sp³-hybridized carbons (Fsp3) is 0.0952. The van der Waals surface area contributed by atoms with E-state index in [0.717, 1.165) is 49.4 Å². The van der Waals surface area contributed by atoms with E-state index in [1.54, 1.807) is 48.5 Å². The van der Waals surface area contributed by atoms with Crippen molar-refractivity contribution in [1.82, 2.24) is 0 Å². The molecule has 4 nitrogen and oxygen atoms in total. The lowest BCUT2D eigenvalue weighted by atomic mass is 9.86. The molecule has 0 aliphatic carbocycles. The van der Waals surface area contributed by atoms with Gasteiger partial charge in [0.15, 0.2) is 0 Å². The van der Waals surface area contributed by atoms with Crippen molar-refractivity contribution in [2.24, 2.45) is 0 Å². The van der Waals surface area contributed by atoms with Gasteiger partial charge in [0, 0.05) is 0 Å². The summed E-state index contributed by atoms with van der Waals surface area (Å²) in [5.74, 6) is 1.44. The van der Waals surface area contributed by atoms with Crippen LogP contribution in [0.5, 0.6) is 17.2 Å². The summed E-state index contributed by atoms with van der Waals surface area (Å²) >= 11 is 0. The first kappa shape index (κ1) is 30.3. The number of aromatic hydroxyl groups is 1. The fourth-order valence-corrected chi connectivity index (χ4v) is 7.42. The van der Waals surface area contributed by atoms with Gasteiger partial charge in [0.25, 0.3) is 0 Å². The molecule has 232 valence electrons. The van der Waals surface area contributed by atoms with E-state index in [-0.39, 0.29) is 21.0 Å². The predicted molar refractivity (Wildman–Crippen MR) is 191 cm³/mol. The fourth-order valence-electron chi connectivity index (χ4n) is 6.16. The molecule has 7 aromatic rings. The van der Waals surface area contributed by atoms with Gasteiger partial charge in [0.2, 0.25) is 9.84 Å². The molecule has 0 aliphatic rings. The Hall–Kier alpha value is -5.39. The normalized spacial score (nSPS) is 12.0. The van der Waals surface area contributed by atoms with Crippen LogP contribution in [0.15, 0.2) is 155 Å². The molecular weight excluding hydrogens is 601 g/mol. The lowest BCUT2D eigenvalue weighted by Gasteiger charge is -2.19. The highest BCUT2D eigenvalue weighted by Gasteiger charge is 2.20. The zero-order valence-electron chi connectivity index (χ0n) is 26.4. The van der Waals surface area contributed by atoms with Crippen LogP contribution < -0.4 is 4.74 Å². The summed E-state index contributed by atoms with van der Waals surface area (Å²) in [6, 6.07) is 45.9. The minimum Gasteiger partial charge on any atom is -0.508 e. The highest BCUT2D eigenvalue weighted by Crippen LogP contribution is 2.44. The molecule has 0 saturated heterocycles. The quantitative estimate of drug-likeness (QED) is 0.185. The first-order valence-corrected chi connectivity index (χ1v) is 17.0. The number of sulfone groups is 1. The van der Waals surface area contributed by atoms with Crippen LogP contribution in [0.1, 0.15) is 26.3 Å². The second-order valence-electron chi connectivity index (χ2n) is 12.8. The molecule has 0 bridgehead atoms. The first-order valence-electron chi connectivity index (χ1n) is 15.6. The van der Waals surface area contributed by atoms with E-state index in [2.05, 4.69) is 81.4 Å². The van der Waals surface area contributed by atoms with Gasteiger partial charge in [-0.05, 0) is 115 Å². The molecule has 7 aromatic carbocycles. The van der Waals surface area contributed by atoms with Crippen molar-refractivity contribution >= 4 is 31.4 Å². The zero-order valence-corrected chi connectivity index (χ0v) is 27.3. The minimum absolute atomic E-state index is 0.0552. The van der Waals surface area contributed by atoms with Gasteiger partial charge in [0.1, 0.15) is 17.2 Å². The smallest absolute Gasteiger partial charge is 0.206 e. The Bertz CT molecular complexity index is 2280. The highest BCUT2D eigenvalue weighted by molar-refractivity contribution is 7.91. The largest absolute Gasteiger partial charge is 0.508 e. The maximum absolute atomic E-state index is 13.3. The van der Waals surface area contributed by atoms with Crippen molar-refractivity contribution in [2.75, 3.05) is 0 Å². The molecule has 5 heteroatoms. The van der Waals surface area contributed by atoms with Gasteiger partial charge in [0.05, 0.1) is 9.79 Å². The Labute approximate surface area is 275 Å². The third-order valence-corrected chi connectivity index (χ3v) is 10.4. The Morgan fingerprint density at radius 2 is 0.851 bits per heavy atom. The van der Waals surface area contributed by atoms with E-state index >= 15 is 0 Å². The summed E-state index contributed by atoms with van der Waals surface area (Å²) in [4.78, 5) is 0.490. The second-order valence-corrected chi connectivity index (χ2v) is 14.7. The van der Waals surface area contributed by atoms with Crippen LogP contribution >= 0.6 is 0 Å². The third-order valence-electron chi connectivity index (χ3n) is 8.63. The van der Waals surface area contributed by atoms with Gasteiger partial charge >= 0.3 is 0 Å². The zero-order chi connectivity index (χ0) is 32.8. The van der Waals surface area contributed by atoms with E-state index in [1.165, 1.54) is 0 Å². The minimum atomic E-state index is -3.65. The summed E-state index contributed by atoms with van der Waals surface area (Å²) in [7, 11) is -3.65. The molecule has 7 rings (SSSR count). The average molecular weight is 635 g/mol. The van der Waals surface area contributed by atoms with Crippen LogP contribution in [-0.4, -0.2) is 13.5 Å². The molecule has 0 radical (unpaired) electrons. The molecule has 0 fully saturated rings. The van der Waals surface area contributed by atoms with E-state index in [4.69, 9.17) is 4.74 Å². The van der Waals surface area contributed by atoms with Crippen molar-refractivity contribution in [2.45, 2.75) is 36.0 Å². The summed E-state index contributed by atoms with van der Waals surface area (Å²) in [5, 5.41) is 14.4. The van der Waals surface area contributed by atoms with E-state index in [1.807, 2.05) is 36.4 Å². The molecule has 0 aromatic heterocycles. The predicted octanol–water partition coefficient (Wildman–Crippen LogP) is 11.0. The number of hydrogen-bond acceptors (Lipinski definition) is 4. The molecule has 0 atom stereocenters. The number of phenolic OH excluding ortho intramolecular Hbond substituents is 1. The third kappa shape index (κ3) is 5.75. The molecule has 0 heterocycles. The van der Waals surface area contributed by atoms with Crippen LogP contribution in [0, 0.1) is 0 Å². The van der Waals surface area contributed by atoms with E-state index < -0.39 is 9.84 Å². The lowest BCUT2D eigenvalue weighted by Crippen LogP contribution is -2.11. The van der Waals surface area contributed by atoms with Crippen molar-refractivity contribution in [3.8, 4) is 39.5 Å². The second kappa shape index (κ2) is 11.8. The molecule has 0 saturated carbocycles. The van der Waals surface area contributed by atoms with Gasteiger partial charge in [-0.1, -0.05) is 106 Å². The van der Waals surface area contributed by atoms with E-state index in [9.17, 15) is 13.5 Å². The van der Waals surface area contributed by atoms with Gasteiger partial charge < -0.3 is 9.84 Å². The van der Waals surface area contributed by atoms with Crippen LogP contribution in [0.3, 0.4) is 0 Å². The highest BCUT2D eigenvalue weighted by atomic mass is 32.2. The molecular formula is C42H34O4S. The number of ether oxygens (including phenoxy) is 1. The molecule has 0 spiro atoms. The summed E-state index contributed by atoms with van der Waals surface area (Å²) < 4.78 is 32.7. The molecule has 0 aliphatic heterocycles. The number of benzene rings is 7. The lowest BCUT2D eigenvalue weighted by molar-refractivity contribution is 0.475. The number of hydrogen-bond donors (Lipinski definition) is 1. The summed E-state index contributed by atoms with van der Waals surface area (Å²) in [6.45, 7) is 6.30. The molecule has 1 N–H and O–H groups in total. The maximum Gasteiger partial charge on any atom is 0.206 e. The van der Waals surface area contributed by atoms with Crippen molar-refractivity contribution in [1.29, 1.82) is 0 Å². The van der Waals surface area contributed by atoms with Gasteiger partial charge in [-0.25, -0.2) is 8.42 Å². The number of rotatable bonds is 6. The monoisotopic (exact) mass is 634 g/mol. The Morgan fingerprint density at radius 3 is 1.26 bits per heavy atom. The Morgan fingerprint density at radius 1 is 0.489 bits per heavy atom. The van der Waals surface area contributed by atoms with Crippen LogP contribution in [-0.2, 0) is 15.3 Å². The Balaban J connectivity index is 1.19. The Kier molecular flexibility index (Phi) is 7.57. The van der Waals surface area contributed by atoms with Crippen molar-refractivity contribution in [3.63, 3.8) is 0 Å². The van der Waals surface area contributed by atoms with Gasteiger partial charge in [-0.15, -0.1) is 0 Å². The van der Waals surface area contributed by atoms with Crippen molar-refractivity contribution < 1.29 is 18.3 Å². The van der Waals surface area contributed by atoms with Gasteiger partial charge in [-0.3, -0.25) is 0 Å². The summed E-state index contributed by atoms with van der Waals surface area (Å²) in [5.41, 5.74) is 5.39. The maximum atomic E-state index is 13.3. The summed E-state index contributed by atoms with van der Waals surface area (Å²) in [6.07, 6.45) is 0. The molecule has 47 heavy (non-hydrogen) atoms. The number of fused-ring (bicyclic) bond motifs is 2. The van der Waals surface area contributed by atoms with Crippen LogP contribution in [0.25, 0.3) is 43.8 Å². The standard InChI is InChI=1S/C42H34O4S/c1-42(2,3)30-16-24-34(25-17-30)47(44,45)35-26-22-33(23-27-35)46-32-20-14-29(15-21-32)41-38-10-6-4-8-36(38)40(28-12-18-31(43)19-13-28)37-9-5-7-11-39(37)41/h4-27,43H,1-3H3. The topological polar surface area (TPSA) is 63.6 Å².